The second kappa shape index (κ2) is 5.16. The van der Waals surface area contributed by atoms with E-state index in [0.29, 0.717) is 4.90 Å². The average molecular weight is 359 g/mol. The van der Waals surface area contributed by atoms with Gasteiger partial charge in [0, 0.05) is 0 Å². The summed E-state index contributed by atoms with van der Waals surface area (Å²) >= 11 is 2.33. The van der Waals surface area contributed by atoms with Gasteiger partial charge in [-0.3, -0.25) is 15.0 Å². The number of alkyl halides is 2. The molecule has 2 saturated heterocycles. The van der Waals surface area contributed by atoms with Crippen LogP contribution in [-0.2, 0) is 9.53 Å². The lowest BCUT2D eigenvalue weighted by Crippen LogP contribution is -2.69. The summed E-state index contributed by atoms with van der Waals surface area (Å²) in [5.41, 5.74) is 0. The van der Waals surface area contributed by atoms with Gasteiger partial charge in [0.25, 0.3) is 10.5 Å². The zero-order valence-electron chi connectivity index (χ0n) is 9.81. The summed E-state index contributed by atoms with van der Waals surface area (Å²) in [6, 6.07) is -1.20. The Morgan fingerprint density at radius 3 is 2.45 bits per heavy atom. The van der Waals surface area contributed by atoms with Crippen LogP contribution in [-0.4, -0.2) is 79.2 Å². The number of imide groups is 1. The molecule has 0 bridgehead atoms. The number of amides is 3. The third-order valence-corrected chi connectivity index (χ3v) is 3.91. The van der Waals surface area contributed by atoms with E-state index >= 15 is 0 Å². The number of urea groups is 1. The fourth-order valence-corrected chi connectivity index (χ4v) is 2.33. The molecule has 11 heteroatoms. The van der Waals surface area contributed by atoms with Crippen molar-refractivity contribution in [3.05, 3.63) is 0 Å². The quantitative estimate of drug-likeness (QED) is 0.340. The van der Waals surface area contributed by atoms with E-state index in [2.05, 4.69) is 15.9 Å². The molecule has 2 fully saturated rings. The Bertz CT molecular complexity index is 437. The van der Waals surface area contributed by atoms with Crippen LogP contribution in [0.4, 0.5) is 9.18 Å². The van der Waals surface area contributed by atoms with E-state index < -0.39 is 53.9 Å². The van der Waals surface area contributed by atoms with Gasteiger partial charge in [0.1, 0.15) is 18.3 Å². The average Bonchev–Trinajstić information content (AvgIpc) is 2.65. The Labute approximate surface area is 120 Å². The Hall–Kier alpha value is -0.850. The van der Waals surface area contributed by atoms with Gasteiger partial charge in [-0.25, -0.2) is 9.18 Å². The molecule has 0 aromatic rings. The molecule has 0 aliphatic carbocycles. The number of ether oxygens (including phenoxy) is 1. The van der Waals surface area contributed by atoms with Crippen LogP contribution in [0.2, 0.25) is 0 Å². The monoisotopic (exact) mass is 358 g/mol. The number of nitrogens with one attached hydrogen (secondary N) is 1. The van der Waals surface area contributed by atoms with Crippen molar-refractivity contribution in [3.8, 4) is 0 Å². The standard InChI is InChI=1S/C9H12BrFN2O7/c10-9(11)6(17)12-8(19)13(7(9)18)5-4(16)3(15)2(1-14)20-5/h2-5,7,14-16,18H,1H2,(H,12,17,19)/t2-,3?,4?,5-,7?,9?/m1/s1. The van der Waals surface area contributed by atoms with Crippen LogP contribution >= 0.6 is 15.9 Å². The molecule has 0 aromatic carbocycles. The molecule has 0 aromatic heterocycles. The highest BCUT2D eigenvalue weighted by molar-refractivity contribution is 9.10. The van der Waals surface area contributed by atoms with Gasteiger partial charge in [-0.15, -0.1) is 0 Å². The molecule has 4 unspecified atom stereocenters. The predicted octanol–water partition coefficient (Wildman–Crippen LogP) is -2.64. The second-order valence-electron chi connectivity index (χ2n) is 4.39. The van der Waals surface area contributed by atoms with E-state index in [1.165, 1.54) is 0 Å². The van der Waals surface area contributed by atoms with E-state index in [-0.39, 0.29) is 0 Å². The maximum absolute atomic E-state index is 13.9. The molecule has 0 radical (unpaired) electrons. The second-order valence-corrected chi connectivity index (χ2v) is 5.55. The molecule has 9 nitrogen and oxygen atoms in total. The van der Waals surface area contributed by atoms with Gasteiger partial charge in [0.2, 0.25) is 0 Å². The Morgan fingerprint density at radius 1 is 1.35 bits per heavy atom. The molecular weight excluding hydrogens is 347 g/mol. The van der Waals surface area contributed by atoms with Crippen LogP contribution in [0.15, 0.2) is 0 Å². The smallest absolute Gasteiger partial charge is 0.328 e. The molecule has 5 N–H and O–H groups in total. The predicted molar refractivity (Wildman–Crippen MR) is 61.9 cm³/mol. The number of carbonyl (C=O) groups excluding carboxylic acids is 2. The highest BCUT2D eigenvalue weighted by atomic mass is 79.9. The number of nitrogens with zero attached hydrogens (tertiary/aromatic N) is 1. The van der Waals surface area contributed by atoms with Crippen molar-refractivity contribution in [2.75, 3.05) is 6.61 Å². The zero-order chi connectivity index (χ0) is 15.2. The first-order chi connectivity index (χ1) is 9.21. The highest BCUT2D eigenvalue weighted by Crippen LogP contribution is 2.35. The molecule has 3 amide bonds. The Morgan fingerprint density at radius 2 is 1.95 bits per heavy atom. The summed E-state index contributed by atoms with van der Waals surface area (Å²) in [6.07, 6.45) is -8.35. The molecular formula is C9H12BrFN2O7. The summed E-state index contributed by atoms with van der Waals surface area (Å²) < 4.78 is 16.0. The van der Waals surface area contributed by atoms with Crippen molar-refractivity contribution in [1.29, 1.82) is 0 Å². The molecule has 20 heavy (non-hydrogen) atoms. The number of hydrogen-bond acceptors (Lipinski definition) is 7. The zero-order valence-corrected chi connectivity index (χ0v) is 11.4. The van der Waals surface area contributed by atoms with Crippen molar-refractivity contribution in [3.63, 3.8) is 0 Å². The highest BCUT2D eigenvalue weighted by Gasteiger charge is 2.58. The van der Waals surface area contributed by atoms with E-state index in [4.69, 9.17) is 9.84 Å². The van der Waals surface area contributed by atoms with Gasteiger partial charge in [0.15, 0.2) is 12.5 Å². The molecule has 2 heterocycles. The first-order valence-corrected chi connectivity index (χ1v) is 6.33. The topological polar surface area (TPSA) is 140 Å². The van der Waals surface area contributed by atoms with Crippen LogP contribution in [0, 0.1) is 0 Å². The first-order valence-electron chi connectivity index (χ1n) is 5.54. The largest absolute Gasteiger partial charge is 0.394 e. The summed E-state index contributed by atoms with van der Waals surface area (Å²) in [5.74, 6) is -1.40. The van der Waals surface area contributed by atoms with E-state index in [0.717, 1.165) is 0 Å². The van der Waals surface area contributed by atoms with Crippen LogP contribution in [0.5, 0.6) is 0 Å². The van der Waals surface area contributed by atoms with Crippen molar-refractivity contribution in [2.45, 2.75) is 35.3 Å². The fourth-order valence-electron chi connectivity index (χ4n) is 2.01. The van der Waals surface area contributed by atoms with E-state index in [9.17, 15) is 29.3 Å². The van der Waals surface area contributed by atoms with Crippen LogP contribution in [0.1, 0.15) is 0 Å². The van der Waals surface area contributed by atoms with Gasteiger partial charge < -0.3 is 25.2 Å². The van der Waals surface area contributed by atoms with Gasteiger partial charge in [-0.2, -0.15) is 0 Å². The van der Waals surface area contributed by atoms with Crippen molar-refractivity contribution >= 4 is 27.9 Å². The first kappa shape index (κ1) is 15.5. The number of hydrogen-bond donors (Lipinski definition) is 5. The molecule has 0 saturated carbocycles. The molecule has 114 valence electrons. The van der Waals surface area contributed by atoms with Gasteiger partial charge in [-0.05, 0) is 15.9 Å². The summed E-state index contributed by atoms with van der Waals surface area (Å²) in [6.45, 7) is -0.658. The maximum Gasteiger partial charge on any atom is 0.328 e. The van der Waals surface area contributed by atoms with Crippen LogP contribution < -0.4 is 5.32 Å². The minimum atomic E-state index is -2.99. The van der Waals surface area contributed by atoms with Crippen molar-refractivity contribution < 1.29 is 39.1 Å². The van der Waals surface area contributed by atoms with Crippen molar-refractivity contribution in [2.24, 2.45) is 0 Å². The molecule has 2 aliphatic rings. The number of aliphatic hydroxyl groups excluding tert-OH is 4. The SMILES string of the molecule is O=C1NC(=O)C(F)(Br)C(O)N1[C@@H]1O[C@H](CO)C(O)C1O. The lowest BCUT2D eigenvalue weighted by Gasteiger charge is -2.41. The lowest BCUT2D eigenvalue weighted by molar-refractivity contribution is -0.171. The van der Waals surface area contributed by atoms with Gasteiger partial charge in [-0.1, -0.05) is 0 Å². The molecule has 6 atom stereocenters. The Kier molecular flexibility index (Phi) is 4.01. The third kappa shape index (κ3) is 2.19. The van der Waals surface area contributed by atoms with Crippen LogP contribution in [0.25, 0.3) is 0 Å². The fraction of sp³-hybridized carbons (Fsp3) is 0.778. The summed E-state index contributed by atoms with van der Waals surface area (Å²) in [7, 11) is 0. The number of rotatable bonds is 2. The molecule has 0 spiro atoms. The Balaban J connectivity index is 2.28. The summed E-state index contributed by atoms with van der Waals surface area (Å²) in [5, 5.41) is 39.6. The van der Waals surface area contributed by atoms with E-state index in [1.54, 1.807) is 5.32 Å². The van der Waals surface area contributed by atoms with Crippen LogP contribution in [0.3, 0.4) is 0 Å². The van der Waals surface area contributed by atoms with E-state index in [1.807, 2.05) is 0 Å². The lowest BCUT2D eigenvalue weighted by atomic mass is 10.1. The molecule has 2 aliphatic heterocycles. The minimum Gasteiger partial charge on any atom is -0.394 e. The minimum absolute atomic E-state index is 0.333. The molecule has 2 rings (SSSR count). The normalized spacial score (nSPS) is 45.7. The summed E-state index contributed by atoms with van der Waals surface area (Å²) in [4.78, 5) is 23.2. The maximum atomic E-state index is 13.9. The third-order valence-electron chi connectivity index (χ3n) is 3.14. The van der Waals surface area contributed by atoms with Gasteiger partial charge >= 0.3 is 6.03 Å². The van der Waals surface area contributed by atoms with Crippen molar-refractivity contribution in [1.82, 2.24) is 10.2 Å². The number of carbonyl (C=O) groups is 2. The number of halogens is 2. The van der Waals surface area contributed by atoms with Gasteiger partial charge in [0.05, 0.1) is 6.61 Å². The number of aliphatic hydroxyl groups is 4.